The van der Waals surface area contributed by atoms with E-state index in [9.17, 15) is 14.4 Å². The highest BCUT2D eigenvalue weighted by Crippen LogP contribution is 2.15. The van der Waals surface area contributed by atoms with Crippen molar-refractivity contribution in [1.29, 1.82) is 0 Å². The van der Waals surface area contributed by atoms with Crippen molar-refractivity contribution in [2.24, 2.45) is 0 Å². The molecule has 0 saturated heterocycles. The van der Waals surface area contributed by atoms with Gasteiger partial charge in [0.1, 0.15) is 18.5 Å². The van der Waals surface area contributed by atoms with E-state index < -0.39 is 23.8 Å². The van der Waals surface area contributed by atoms with Gasteiger partial charge in [0.15, 0.2) is 0 Å². The first kappa shape index (κ1) is 22.8. The molecular weight excluding hydrogens is 372 g/mol. The number of amides is 2. The van der Waals surface area contributed by atoms with Gasteiger partial charge in [-0.1, -0.05) is 29.8 Å². The fraction of sp³-hybridized carbons (Fsp3) is 0.526. The number of alkyl carbamates (subject to hydrolysis) is 2. The van der Waals surface area contributed by atoms with Crippen LogP contribution in [-0.2, 0) is 20.9 Å². The number of rotatable bonds is 9. The highest BCUT2D eigenvalue weighted by atomic mass is 35.5. The van der Waals surface area contributed by atoms with Crippen LogP contribution in [0, 0.1) is 0 Å². The Kier molecular flexibility index (Phi) is 9.64. The van der Waals surface area contributed by atoms with Crippen molar-refractivity contribution in [2.75, 3.05) is 6.54 Å². The minimum absolute atomic E-state index is 0.0958. The Bertz CT molecular complexity index is 631. The summed E-state index contributed by atoms with van der Waals surface area (Å²) in [5.41, 5.74) is 0.113. The Hall–Kier alpha value is -2.28. The number of carbonyl (C=O) groups excluding carboxylic acids is 3. The molecule has 1 aromatic rings. The average Bonchev–Trinajstić information content (AvgIpc) is 2.58. The molecule has 0 aliphatic heterocycles. The summed E-state index contributed by atoms with van der Waals surface area (Å²) >= 11 is 5.99. The standard InChI is InChI=1S/C19H27ClN2O5/c1-19(2,3)27-18(25)22-15(12-23)9-6-7-11-21-17(24)26-13-14-8-4-5-10-16(14)20/h4-5,8,10,12,15H,6-7,9,11,13H2,1-3H3,(H,21,24)(H,22,25)/t15-/m1/s1. The molecule has 0 bridgehead atoms. The third-order valence-electron chi connectivity index (χ3n) is 3.39. The van der Waals surface area contributed by atoms with Crippen LogP contribution in [0.1, 0.15) is 45.6 Å². The molecule has 0 heterocycles. The molecule has 1 atom stereocenters. The summed E-state index contributed by atoms with van der Waals surface area (Å²) in [7, 11) is 0. The third-order valence-corrected chi connectivity index (χ3v) is 3.76. The molecule has 8 heteroatoms. The fourth-order valence-electron chi connectivity index (χ4n) is 2.12. The maximum absolute atomic E-state index is 11.7. The van der Waals surface area contributed by atoms with Gasteiger partial charge in [0, 0.05) is 17.1 Å². The first-order valence-electron chi connectivity index (χ1n) is 8.80. The number of unbranched alkanes of at least 4 members (excludes halogenated alkanes) is 1. The summed E-state index contributed by atoms with van der Waals surface area (Å²) in [5, 5.41) is 5.69. The van der Waals surface area contributed by atoms with Crippen LogP contribution in [0.25, 0.3) is 0 Å². The maximum Gasteiger partial charge on any atom is 0.408 e. The number of hydrogen-bond donors (Lipinski definition) is 2. The van der Waals surface area contributed by atoms with Crippen LogP contribution < -0.4 is 10.6 Å². The SMILES string of the molecule is CC(C)(C)OC(=O)N[C@@H](C=O)CCCCNC(=O)OCc1ccccc1Cl. The molecule has 0 radical (unpaired) electrons. The van der Waals surface area contributed by atoms with Gasteiger partial charge in [-0.2, -0.15) is 0 Å². The number of hydrogen-bond acceptors (Lipinski definition) is 5. The van der Waals surface area contributed by atoms with E-state index in [1.165, 1.54) is 0 Å². The van der Waals surface area contributed by atoms with Crippen LogP contribution in [0.2, 0.25) is 5.02 Å². The van der Waals surface area contributed by atoms with Crippen molar-refractivity contribution in [2.45, 2.75) is 58.3 Å². The molecular formula is C19H27ClN2O5. The van der Waals surface area contributed by atoms with Gasteiger partial charge in [0.2, 0.25) is 0 Å². The number of halogens is 1. The zero-order valence-electron chi connectivity index (χ0n) is 15.9. The molecule has 0 saturated carbocycles. The maximum atomic E-state index is 11.7. The van der Waals surface area contributed by atoms with Gasteiger partial charge < -0.3 is 24.9 Å². The second-order valence-corrected chi connectivity index (χ2v) is 7.39. The smallest absolute Gasteiger partial charge is 0.408 e. The third kappa shape index (κ3) is 10.5. The topological polar surface area (TPSA) is 93.7 Å². The van der Waals surface area contributed by atoms with Crippen molar-refractivity contribution >= 4 is 30.1 Å². The Morgan fingerprint density at radius 3 is 2.52 bits per heavy atom. The first-order chi connectivity index (χ1) is 12.7. The second kappa shape index (κ2) is 11.4. The number of nitrogens with one attached hydrogen (secondary N) is 2. The zero-order chi connectivity index (χ0) is 20.3. The largest absolute Gasteiger partial charge is 0.445 e. The lowest BCUT2D eigenvalue weighted by atomic mass is 10.1. The fourth-order valence-corrected chi connectivity index (χ4v) is 2.31. The van der Waals surface area contributed by atoms with Crippen molar-refractivity contribution in [3.05, 3.63) is 34.9 Å². The highest BCUT2D eigenvalue weighted by Gasteiger charge is 2.19. The molecule has 2 amide bonds. The van der Waals surface area contributed by atoms with Crippen LogP contribution in [0.4, 0.5) is 9.59 Å². The van der Waals surface area contributed by atoms with E-state index in [-0.39, 0.29) is 6.61 Å². The van der Waals surface area contributed by atoms with Gasteiger partial charge in [0.25, 0.3) is 0 Å². The molecule has 27 heavy (non-hydrogen) atoms. The molecule has 0 fully saturated rings. The van der Waals surface area contributed by atoms with Crippen molar-refractivity contribution in [1.82, 2.24) is 10.6 Å². The van der Waals surface area contributed by atoms with E-state index in [4.69, 9.17) is 21.1 Å². The molecule has 0 aromatic heterocycles. The van der Waals surface area contributed by atoms with Crippen LogP contribution in [0.3, 0.4) is 0 Å². The quantitative estimate of drug-likeness (QED) is 0.487. The van der Waals surface area contributed by atoms with E-state index >= 15 is 0 Å². The lowest BCUT2D eigenvalue weighted by Gasteiger charge is -2.21. The number of ether oxygens (including phenoxy) is 2. The normalized spacial score (nSPS) is 12.0. The summed E-state index contributed by atoms with van der Waals surface area (Å²) in [5.74, 6) is 0. The molecule has 1 aromatic carbocycles. The molecule has 1 rings (SSSR count). The minimum atomic E-state index is -0.624. The molecule has 0 aliphatic rings. The van der Waals surface area contributed by atoms with E-state index in [0.717, 1.165) is 5.56 Å². The second-order valence-electron chi connectivity index (χ2n) is 6.98. The van der Waals surface area contributed by atoms with Crippen molar-refractivity contribution in [3.63, 3.8) is 0 Å². The van der Waals surface area contributed by atoms with Gasteiger partial charge in [-0.3, -0.25) is 0 Å². The molecule has 0 spiro atoms. The predicted octanol–water partition coefficient (Wildman–Crippen LogP) is 3.83. The Balaban J connectivity index is 2.17. The highest BCUT2D eigenvalue weighted by molar-refractivity contribution is 6.31. The predicted molar refractivity (Wildman–Crippen MR) is 103 cm³/mol. The van der Waals surface area contributed by atoms with Crippen LogP contribution >= 0.6 is 11.6 Å². The van der Waals surface area contributed by atoms with Gasteiger partial charge >= 0.3 is 12.2 Å². The van der Waals surface area contributed by atoms with Gasteiger partial charge in [-0.05, 0) is 46.1 Å². The van der Waals surface area contributed by atoms with Crippen LogP contribution in [-0.4, -0.2) is 36.7 Å². The van der Waals surface area contributed by atoms with Crippen LogP contribution in [0.5, 0.6) is 0 Å². The van der Waals surface area contributed by atoms with Gasteiger partial charge in [-0.15, -0.1) is 0 Å². The average molecular weight is 399 g/mol. The van der Waals surface area contributed by atoms with E-state index in [1.807, 2.05) is 6.07 Å². The first-order valence-corrected chi connectivity index (χ1v) is 9.18. The van der Waals surface area contributed by atoms with Gasteiger partial charge in [-0.25, -0.2) is 9.59 Å². The lowest BCUT2D eigenvalue weighted by molar-refractivity contribution is -0.109. The summed E-state index contributed by atoms with van der Waals surface area (Å²) in [6.07, 6.45) is 1.26. The molecule has 0 unspecified atom stereocenters. The molecule has 0 aliphatic carbocycles. The molecule has 7 nitrogen and oxygen atoms in total. The molecule has 2 N–H and O–H groups in total. The number of benzene rings is 1. The van der Waals surface area contributed by atoms with E-state index in [2.05, 4.69) is 10.6 Å². The number of aldehydes is 1. The minimum Gasteiger partial charge on any atom is -0.445 e. The van der Waals surface area contributed by atoms with Crippen molar-refractivity contribution < 1.29 is 23.9 Å². The monoisotopic (exact) mass is 398 g/mol. The Morgan fingerprint density at radius 1 is 1.19 bits per heavy atom. The number of carbonyl (C=O) groups is 3. The summed E-state index contributed by atoms with van der Waals surface area (Å²) < 4.78 is 10.2. The molecule has 150 valence electrons. The van der Waals surface area contributed by atoms with Gasteiger partial charge in [0.05, 0.1) is 6.04 Å². The summed E-state index contributed by atoms with van der Waals surface area (Å²) in [6, 6.07) is 6.51. The van der Waals surface area contributed by atoms with Crippen LogP contribution in [0.15, 0.2) is 24.3 Å². The summed E-state index contributed by atoms with van der Waals surface area (Å²) in [4.78, 5) is 34.4. The zero-order valence-corrected chi connectivity index (χ0v) is 16.7. The summed E-state index contributed by atoms with van der Waals surface area (Å²) in [6.45, 7) is 5.74. The Morgan fingerprint density at radius 2 is 1.89 bits per heavy atom. The van der Waals surface area contributed by atoms with Crippen molar-refractivity contribution in [3.8, 4) is 0 Å². The van der Waals surface area contributed by atoms with E-state index in [0.29, 0.717) is 37.1 Å². The van der Waals surface area contributed by atoms with E-state index in [1.54, 1.807) is 39.0 Å². The Labute approximate surface area is 164 Å². The lowest BCUT2D eigenvalue weighted by Crippen LogP contribution is -2.40.